The van der Waals surface area contributed by atoms with Crippen LogP contribution in [0.15, 0.2) is 53.5 Å². The minimum Gasteiger partial charge on any atom is -0.269 e. The molecular weight excluding hydrogens is 250 g/mol. The number of para-hydroxylation sites is 1. The van der Waals surface area contributed by atoms with Crippen LogP contribution in [0.5, 0.6) is 0 Å². The molecule has 1 aromatic carbocycles. The smallest absolute Gasteiger partial charge is 0.256 e. The summed E-state index contributed by atoms with van der Waals surface area (Å²) in [6.07, 6.45) is 1.51. The first-order valence-electron chi connectivity index (χ1n) is 6.18. The molecule has 0 N–H and O–H groups in total. The Labute approximate surface area is 115 Å². The molecule has 96 valence electrons. The number of fused-ring (bicyclic) bond motifs is 1. The molecule has 0 aliphatic carbocycles. The van der Waals surface area contributed by atoms with E-state index in [9.17, 15) is 4.79 Å². The fourth-order valence-electron chi connectivity index (χ4n) is 2.15. The largest absolute Gasteiger partial charge is 0.269 e. The van der Waals surface area contributed by atoms with E-state index < -0.39 is 0 Å². The summed E-state index contributed by atoms with van der Waals surface area (Å²) in [4.78, 5) is 16.5. The van der Waals surface area contributed by atoms with E-state index >= 15 is 0 Å². The van der Waals surface area contributed by atoms with Crippen LogP contribution < -0.4 is 5.56 Å². The lowest BCUT2D eigenvalue weighted by Crippen LogP contribution is -2.17. The van der Waals surface area contributed by atoms with Crippen molar-refractivity contribution in [2.45, 2.75) is 6.92 Å². The van der Waals surface area contributed by atoms with E-state index in [4.69, 9.17) is 5.26 Å². The zero-order chi connectivity index (χ0) is 14.1. The van der Waals surface area contributed by atoms with Gasteiger partial charge in [-0.05, 0) is 30.7 Å². The molecule has 3 rings (SSSR count). The van der Waals surface area contributed by atoms with E-state index in [0.29, 0.717) is 11.4 Å². The van der Waals surface area contributed by atoms with Gasteiger partial charge in [-0.2, -0.15) is 5.26 Å². The molecule has 0 bridgehead atoms. The molecule has 0 amide bonds. The normalized spacial score (nSPS) is 10.4. The van der Waals surface area contributed by atoms with Crippen molar-refractivity contribution in [3.8, 4) is 11.9 Å². The number of pyridine rings is 2. The number of hydrogen-bond acceptors (Lipinski definition) is 3. The van der Waals surface area contributed by atoms with Crippen molar-refractivity contribution in [1.82, 2.24) is 9.55 Å². The van der Waals surface area contributed by atoms with E-state index in [1.807, 2.05) is 37.3 Å². The van der Waals surface area contributed by atoms with Crippen molar-refractivity contribution >= 4 is 10.9 Å². The van der Waals surface area contributed by atoms with Gasteiger partial charge in [0.2, 0.25) is 0 Å². The van der Waals surface area contributed by atoms with Gasteiger partial charge in [-0.15, -0.1) is 0 Å². The molecule has 4 nitrogen and oxygen atoms in total. The van der Waals surface area contributed by atoms with Crippen LogP contribution in [0.25, 0.3) is 16.7 Å². The highest BCUT2D eigenvalue weighted by Crippen LogP contribution is 2.17. The number of nitrogens with zero attached hydrogens (tertiary/aromatic N) is 3. The minimum atomic E-state index is -0.204. The first kappa shape index (κ1) is 12.1. The van der Waals surface area contributed by atoms with Crippen LogP contribution in [-0.2, 0) is 0 Å². The van der Waals surface area contributed by atoms with Crippen molar-refractivity contribution in [2.24, 2.45) is 0 Å². The van der Waals surface area contributed by atoms with Crippen molar-refractivity contribution in [2.75, 3.05) is 0 Å². The Morgan fingerprint density at radius 3 is 2.80 bits per heavy atom. The Kier molecular flexibility index (Phi) is 2.81. The molecule has 0 unspecified atom stereocenters. The van der Waals surface area contributed by atoms with Crippen molar-refractivity contribution in [1.29, 1.82) is 5.26 Å². The van der Waals surface area contributed by atoms with Gasteiger partial charge < -0.3 is 0 Å². The molecule has 2 aromatic heterocycles. The second kappa shape index (κ2) is 4.63. The van der Waals surface area contributed by atoms with Gasteiger partial charge in [-0.3, -0.25) is 9.36 Å². The molecule has 3 aromatic rings. The van der Waals surface area contributed by atoms with Gasteiger partial charge in [-0.1, -0.05) is 18.2 Å². The number of nitriles is 1. The van der Waals surface area contributed by atoms with Gasteiger partial charge in [0, 0.05) is 17.6 Å². The topological polar surface area (TPSA) is 58.7 Å². The van der Waals surface area contributed by atoms with Gasteiger partial charge in [-0.25, -0.2) is 4.98 Å². The second-order valence-corrected chi connectivity index (χ2v) is 4.55. The molecule has 0 fully saturated rings. The molecule has 0 aliphatic rings. The first-order chi connectivity index (χ1) is 9.69. The molecular formula is C16H11N3O. The number of benzene rings is 1. The molecule has 0 atom stereocenters. The zero-order valence-electron chi connectivity index (χ0n) is 10.9. The SMILES string of the molecule is Cc1cccc2ccc(-n3cc(C#N)ccc3=O)nc12. The standard InChI is InChI=1S/C16H11N3O/c1-11-3-2-4-13-6-7-14(18-16(11)13)19-10-12(9-17)5-8-15(19)20/h2-8,10H,1H3. The Morgan fingerprint density at radius 1 is 1.15 bits per heavy atom. The maximum absolute atomic E-state index is 11.9. The zero-order valence-corrected chi connectivity index (χ0v) is 10.9. The van der Waals surface area contributed by atoms with Gasteiger partial charge in [0.05, 0.1) is 11.1 Å². The predicted molar refractivity (Wildman–Crippen MR) is 76.8 cm³/mol. The van der Waals surface area contributed by atoms with Crippen LogP contribution in [-0.4, -0.2) is 9.55 Å². The van der Waals surface area contributed by atoms with Gasteiger partial charge in [0.15, 0.2) is 0 Å². The fourth-order valence-corrected chi connectivity index (χ4v) is 2.15. The second-order valence-electron chi connectivity index (χ2n) is 4.55. The van der Waals surface area contributed by atoms with Crippen molar-refractivity contribution in [3.05, 3.63) is 70.1 Å². The summed E-state index contributed by atoms with van der Waals surface area (Å²) in [5, 5.41) is 9.96. The summed E-state index contributed by atoms with van der Waals surface area (Å²) in [7, 11) is 0. The summed E-state index contributed by atoms with van der Waals surface area (Å²) in [5.74, 6) is 0.522. The molecule has 0 saturated heterocycles. The third-order valence-corrected chi connectivity index (χ3v) is 3.19. The summed E-state index contributed by atoms with van der Waals surface area (Å²) < 4.78 is 1.39. The highest BCUT2D eigenvalue weighted by atomic mass is 16.1. The number of aryl methyl sites for hydroxylation is 1. The highest BCUT2D eigenvalue weighted by molar-refractivity contribution is 5.82. The van der Waals surface area contributed by atoms with Gasteiger partial charge in [0.1, 0.15) is 11.9 Å². The number of hydrogen-bond donors (Lipinski definition) is 0. The molecule has 20 heavy (non-hydrogen) atoms. The van der Waals surface area contributed by atoms with E-state index in [1.165, 1.54) is 22.9 Å². The van der Waals surface area contributed by atoms with Crippen molar-refractivity contribution < 1.29 is 0 Å². The predicted octanol–water partition coefficient (Wildman–Crippen LogP) is 2.57. The lowest BCUT2D eigenvalue weighted by Gasteiger charge is -2.07. The van der Waals surface area contributed by atoms with Crippen LogP contribution >= 0.6 is 0 Å². The fraction of sp³-hybridized carbons (Fsp3) is 0.0625. The maximum Gasteiger partial charge on any atom is 0.256 e. The molecule has 0 saturated carbocycles. The first-order valence-corrected chi connectivity index (χ1v) is 6.18. The van der Waals surface area contributed by atoms with E-state index in [0.717, 1.165) is 16.5 Å². The van der Waals surface area contributed by atoms with Crippen LogP contribution in [0.4, 0.5) is 0 Å². The molecule has 0 radical (unpaired) electrons. The van der Waals surface area contributed by atoms with Gasteiger partial charge in [0.25, 0.3) is 5.56 Å². The summed E-state index contributed by atoms with van der Waals surface area (Å²) in [6, 6.07) is 14.5. The number of rotatable bonds is 1. The number of aromatic nitrogens is 2. The Bertz CT molecular complexity index is 903. The van der Waals surface area contributed by atoms with Crippen LogP contribution in [0.1, 0.15) is 11.1 Å². The third kappa shape index (κ3) is 1.95. The van der Waals surface area contributed by atoms with Crippen LogP contribution in [0.3, 0.4) is 0 Å². The Balaban J connectivity index is 2.28. The third-order valence-electron chi connectivity index (χ3n) is 3.19. The van der Waals surface area contributed by atoms with E-state index in [1.54, 1.807) is 6.07 Å². The van der Waals surface area contributed by atoms with Gasteiger partial charge >= 0.3 is 0 Å². The lowest BCUT2D eigenvalue weighted by atomic mass is 10.1. The summed E-state index contributed by atoms with van der Waals surface area (Å²) in [5.41, 5.74) is 2.13. The molecule has 4 heteroatoms. The quantitative estimate of drug-likeness (QED) is 0.676. The maximum atomic E-state index is 11.9. The Hall–Kier alpha value is -2.93. The molecule has 2 heterocycles. The molecule has 0 aliphatic heterocycles. The van der Waals surface area contributed by atoms with E-state index in [-0.39, 0.29) is 5.56 Å². The van der Waals surface area contributed by atoms with Crippen LogP contribution in [0.2, 0.25) is 0 Å². The van der Waals surface area contributed by atoms with Crippen LogP contribution in [0, 0.1) is 18.3 Å². The highest BCUT2D eigenvalue weighted by Gasteiger charge is 2.05. The molecule has 0 spiro atoms. The summed E-state index contributed by atoms with van der Waals surface area (Å²) >= 11 is 0. The average molecular weight is 261 g/mol. The average Bonchev–Trinajstić information content (AvgIpc) is 2.48. The lowest BCUT2D eigenvalue weighted by molar-refractivity contribution is 0.945. The van der Waals surface area contributed by atoms with E-state index in [2.05, 4.69) is 4.98 Å². The monoisotopic (exact) mass is 261 g/mol. The van der Waals surface area contributed by atoms with Crippen molar-refractivity contribution in [3.63, 3.8) is 0 Å². The minimum absolute atomic E-state index is 0.204. The summed E-state index contributed by atoms with van der Waals surface area (Å²) in [6.45, 7) is 1.98. The Morgan fingerprint density at radius 2 is 2.00 bits per heavy atom.